The number of phenols is 1. The molecule has 0 spiro atoms. The Morgan fingerprint density at radius 1 is 1.07 bits per heavy atom. The van der Waals surface area contributed by atoms with Crippen molar-refractivity contribution in [1.82, 2.24) is 0 Å². The first-order chi connectivity index (χ1) is 14.2. The molecule has 0 radical (unpaired) electrons. The van der Waals surface area contributed by atoms with Gasteiger partial charge in [0.25, 0.3) is 15.9 Å². The molecule has 3 aromatic carbocycles. The molecule has 3 aromatic rings. The smallest absolute Gasteiger partial charge is 0.264 e. The summed E-state index contributed by atoms with van der Waals surface area (Å²) in [6.07, 6.45) is 0. The molecule has 1 amide bonds. The van der Waals surface area contributed by atoms with Gasteiger partial charge in [0.2, 0.25) is 0 Å². The van der Waals surface area contributed by atoms with Gasteiger partial charge in [0, 0.05) is 18.3 Å². The number of benzene rings is 3. The van der Waals surface area contributed by atoms with E-state index >= 15 is 0 Å². The molecule has 0 heterocycles. The van der Waals surface area contributed by atoms with Gasteiger partial charge in [0.15, 0.2) is 0 Å². The average Bonchev–Trinajstić information content (AvgIpc) is 2.75. The second-order valence-corrected chi connectivity index (χ2v) is 8.67. The third-order valence-electron chi connectivity index (χ3n) is 4.40. The van der Waals surface area contributed by atoms with Gasteiger partial charge < -0.3 is 15.2 Å². The van der Waals surface area contributed by atoms with Gasteiger partial charge >= 0.3 is 0 Å². The minimum Gasteiger partial charge on any atom is -0.506 e. The van der Waals surface area contributed by atoms with Gasteiger partial charge in [0.1, 0.15) is 11.5 Å². The summed E-state index contributed by atoms with van der Waals surface area (Å²) >= 11 is 5.83. The van der Waals surface area contributed by atoms with E-state index in [4.69, 9.17) is 16.3 Å². The summed E-state index contributed by atoms with van der Waals surface area (Å²) in [5, 5.41) is 12.2. The predicted octanol–water partition coefficient (Wildman–Crippen LogP) is 4.13. The third-order valence-corrected chi connectivity index (χ3v) is 6.49. The first-order valence-electron chi connectivity index (χ1n) is 8.76. The van der Waals surface area contributed by atoms with Crippen LogP contribution in [0.3, 0.4) is 0 Å². The molecule has 0 atom stereocenters. The van der Waals surface area contributed by atoms with Crippen molar-refractivity contribution >= 4 is 38.9 Å². The van der Waals surface area contributed by atoms with E-state index in [0.29, 0.717) is 17.1 Å². The monoisotopic (exact) mass is 446 g/mol. The van der Waals surface area contributed by atoms with Gasteiger partial charge in [-0.15, -0.1) is 0 Å². The zero-order valence-electron chi connectivity index (χ0n) is 16.2. The molecule has 9 heteroatoms. The molecule has 0 aromatic heterocycles. The van der Waals surface area contributed by atoms with Crippen LogP contribution in [-0.4, -0.2) is 33.6 Å². The highest BCUT2D eigenvalue weighted by molar-refractivity contribution is 7.92. The van der Waals surface area contributed by atoms with Crippen molar-refractivity contribution in [1.29, 1.82) is 0 Å². The van der Waals surface area contributed by atoms with Crippen LogP contribution in [-0.2, 0) is 10.0 Å². The van der Waals surface area contributed by atoms with Gasteiger partial charge in [-0.05, 0) is 54.6 Å². The van der Waals surface area contributed by atoms with Crippen LogP contribution < -0.4 is 14.4 Å². The van der Waals surface area contributed by atoms with Crippen molar-refractivity contribution in [2.24, 2.45) is 0 Å². The Hall–Kier alpha value is -3.23. The molecular weight excluding hydrogens is 428 g/mol. The molecular formula is C21H19ClN2O5S. The topological polar surface area (TPSA) is 95.9 Å². The van der Waals surface area contributed by atoms with Crippen LogP contribution in [0.25, 0.3) is 0 Å². The van der Waals surface area contributed by atoms with Crippen molar-refractivity contribution < 1.29 is 23.1 Å². The highest BCUT2D eigenvalue weighted by Gasteiger charge is 2.24. The Balaban J connectivity index is 1.81. The molecule has 0 unspecified atom stereocenters. The maximum absolute atomic E-state index is 13.0. The summed E-state index contributed by atoms with van der Waals surface area (Å²) in [5.41, 5.74) is 1.06. The van der Waals surface area contributed by atoms with Crippen LogP contribution >= 0.6 is 11.6 Å². The Labute approximate surface area is 179 Å². The summed E-state index contributed by atoms with van der Waals surface area (Å²) in [6, 6.07) is 16.6. The number of rotatable bonds is 6. The molecule has 0 saturated carbocycles. The average molecular weight is 447 g/mol. The van der Waals surface area contributed by atoms with Gasteiger partial charge in [-0.1, -0.05) is 23.7 Å². The van der Waals surface area contributed by atoms with Crippen molar-refractivity contribution in [2.75, 3.05) is 23.8 Å². The van der Waals surface area contributed by atoms with E-state index in [9.17, 15) is 18.3 Å². The maximum Gasteiger partial charge on any atom is 0.264 e. The molecule has 156 valence electrons. The van der Waals surface area contributed by atoms with Crippen LogP contribution in [0.15, 0.2) is 71.6 Å². The Kier molecular flexibility index (Phi) is 6.19. The lowest BCUT2D eigenvalue weighted by atomic mass is 10.2. The number of para-hydroxylation sites is 2. The number of nitrogens with zero attached hydrogens (tertiary/aromatic N) is 1. The SMILES string of the molecule is COc1ccccc1N(C)S(=O)(=O)c1ccc(C(=O)Nc2ccc(O)c(Cl)c2)cc1. The number of hydrogen-bond donors (Lipinski definition) is 2. The number of hydrogen-bond acceptors (Lipinski definition) is 5. The summed E-state index contributed by atoms with van der Waals surface area (Å²) in [5.74, 6) is -0.116. The number of halogens is 1. The number of ether oxygens (including phenoxy) is 1. The fourth-order valence-electron chi connectivity index (χ4n) is 2.74. The lowest BCUT2D eigenvalue weighted by Gasteiger charge is -2.21. The van der Waals surface area contributed by atoms with Gasteiger partial charge in [0.05, 0.1) is 22.7 Å². The third kappa shape index (κ3) is 4.34. The number of sulfonamides is 1. The highest BCUT2D eigenvalue weighted by atomic mass is 35.5. The van der Waals surface area contributed by atoms with Crippen molar-refractivity contribution in [3.63, 3.8) is 0 Å². The van der Waals surface area contributed by atoms with Crippen molar-refractivity contribution in [2.45, 2.75) is 4.90 Å². The van der Waals surface area contributed by atoms with Crippen LogP contribution in [0.2, 0.25) is 5.02 Å². The van der Waals surface area contributed by atoms with Gasteiger partial charge in [-0.25, -0.2) is 8.42 Å². The lowest BCUT2D eigenvalue weighted by molar-refractivity contribution is 0.102. The number of aromatic hydroxyl groups is 1. The minimum absolute atomic E-state index is 0.0279. The number of anilines is 2. The van der Waals surface area contributed by atoms with E-state index in [2.05, 4.69) is 5.32 Å². The molecule has 0 aliphatic heterocycles. The number of carbonyl (C=O) groups excluding carboxylic acids is 1. The molecule has 0 fully saturated rings. The molecule has 0 aliphatic rings. The number of amides is 1. The zero-order valence-corrected chi connectivity index (χ0v) is 17.7. The number of phenolic OH excluding ortho intramolecular Hbond substituents is 1. The molecule has 0 aliphatic carbocycles. The second kappa shape index (κ2) is 8.64. The molecule has 0 bridgehead atoms. The summed E-state index contributed by atoms with van der Waals surface area (Å²) in [7, 11) is -0.961. The summed E-state index contributed by atoms with van der Waals surface area (Å²) in [6.45, 7) is 0. The highest BCUT2D eigenvalue weighted by Crippen LogP contribution is 2.31. The quantitative estimate of drug-likeness (QED) is 0.555. The van der Waals surface area contributed by atoms with Crippen LogP contribution in [0.4, 0.5) is 11.4 Å². The van der Waals surface area contributed by atoms with E-state index in [1.54, 1.807) is 24.3 Å². The van der Waals surface area contributed by atoms with E-state index in [1.165, 1.54) is 56.6 Å². The number of methoxy groups -OCH3 is 1. The normalized spacial score (nSPS) is 11.0. The lowest BCUT2D eigenvalue weighted by Crippen LogP contribution is -2.27. The Bertz CT molecular complexity index is 1180. The van der Waals surface area contributed by atoms with Gasteiger partial charge in [-0.3, -0.25) is 9.10 Å². The van der Waals surface area contributed by atoms with Gasteiger partial charge in [-0.2, -0.15) is 0 Å². The van der Waals surface area contributed by atoms with Crippen LogP contribution in [0, 0.1) is 0 Å². The largest absolute Gasteiger partial charge is 0.506 e. The van der Waals surface area contributed by atoms with Crippen LogP contribution in [0.5, 0.6) is 11.5 Å². The van der Waals surface area contributed by atoms with Crippen molar-refractivity contribution in [3.05, 3.63) is 77.3 Å². The fourth-order valence-corrected chi connectivity index (χ4v) is 4.13. The first kappa shape index (κ1) is 21.5. The molecule has 3 rings (SSSR count). The molecule has 30 heavy (non-hydrogen) atoms. The zero-order chi connectivity index (χ0) is 21.9. The second-order valence-electron chi connectivity index (χ2n) is 6.29. The molecule has 2 N–H and O–H groups in total. The standard InChI is InChI=1S/C21H19ClN2O5S/c1-24(18-5-3-4-6-20(18)29-2)30(27,28)16-10-7-14(8-11-16)21(26)23-15-9-12-19(25)17(22)13-15/h3-13,25H,1-2H3,(H,23,26). The number of nitrogens with one attached hydrogen (secondary N) is 1. The molecule has 0 saturated heterocycles. The summed E-state index contributed by atoms with van der Waals surface area (Å²) < 4.78 is 32.3. The first-order valence-corrected chi connectivity index (χ1v) is 10.6. The Morgan fingerprint density at radius 2 is 1.73 bits per heavy atom. The maximum atomic E-state index is 13.0. The Morgan fingerprint density at radius 3 is 2.37 bits per heavy atom. The predicted molar refractivity (Wildman–Crippen MR) is 116 cm³/mol. The molecule has 7 nitrogen and oxygen atoms in total. The van der Waals surface area contributed by atoms with Crippen molar-refractivity contribution in [3.8, 4) is 11.5 Å². The fraction of sp³-hybridized carbons (Fsp3) is 0.0952. The van der Waals surface area contributed by atoms with E-state index in [0.717, 1.165) is 4.31 Å². The number of carbonyl (C=O) groups is 1. The minimum atomic E-state index is -3.86. The van der Waals surface area contributed by atoms with Crippen LogP contribution in [0.1, 0.15) is 10.4 Å². The van der Waals surface area contributed by atoms with E-state index in [1.807, 2.05) is 0 Å². The summed E-state index contributed by atoms with van der Waals surface area (Å²) in [4.78, 5) is 12.4. The van der Waals surface area contributed by atoms with E-state index in [-0.39, 0.29) is 21.2 Å². The van der Waals surface area contributed by atoms with E-state index < -0.39 is 15.9 Å².